The van der Waals surface area contributed by atoms with Crippen LogP contribution in [-0.4, -0.2) is 13.2 Å². The maximum Gasteiger partial charge on any atom is 0.0721 e. The first kappa shape index (κ1) is 20.6. The lowest BCUT2D eigenvalue weighted by atomic mass is 9.95. The molecule has 1 nitrogen and oxygen atoms in total. The Bertz CT molecular complexity index is 1080. The number of rotatable bonds is 8. The van der Waals surface area contributed by atoms with E-state index in [2.05, 4.69) is 98.1 Å². The van der Waals surface area contributed by atoms with Crippen LogP contribution in [0.25, 0.3) is 33.4 Å². The predicted octanol–water partition coefficient (Wildman–Crippen LogP) is 7.76. The number of hydrogen-bond acceptors (Lipinski definition) is 1. The van der Waals surface area contributed by atoms with Crippen LogP contribution in [0.3, 0.4) is 0 Å². The third-order valence-electron chi connectivity index (χ3n) is 5.34. The van der Waals surface area contributed by atoms with Crippen molar-refractivity contribution in [3.63, 3.8) is 0 Å². The lowest BCUT2D eigenvalue weighted by molar-refractivity contribution is 0.205. The topological polar surface area (TPSA) is 9.23 Å². The molecule has 0 spiro atoms. The third kappa shape index (κ3) is 4.91. The Hall–Kier alpha value is -3.68. The van der Waals surface area contributed by atoms with Gasteiger partial charge in [0.25, 0.3) is 0 Å². The minimum atomic E-state index is 0.455. The summed E-state index contributed by atoms with van der Waals surface area (Å²) in [6.45, 7) is 9.49. The molecule has 0 heterocycles. The van der Waals surface area contributed by atoms with Crippen molar-refractivity contribution >= 4 is 11.1 Å². The van der Waals surface area contributed by atoms with Crippen LogP contribution in [-0.2, 0) is 4.74 Å². The van der Waals surface area contributed by atoms with Crippen molar-refractivity contribution in [2.45, 2.75) is 0 Å². The Labute approximate surface area is 185 Å². The molecule has 0 saturated carbocycles. The molecule has 0 aliphatic rings. The van der Waals surface area contributed by atoms with E-state index in [4.69, 9.17) is 4.74 Å². The Kier molecular flexibility index (Phi) is 6.56. The van der Waals surface area contributed by atoms with E-state index in [-0.39, 0.29) is 0 Å². The highest BCUT2D eigenvalue weighted by Gasteiger charge is 2.10. The second kappa shape index (κ2) is 9.88. The van der Waals surface area contributed by atoms with E-state index in [0.29, 0.717) is 13.2 Å². The van der Waals surface area contributed by atoms with E-state index in [0.717, 1.165) is 22.3 Å². The zero-order valence-electron chi connectivity index (χ0n) is 17.6. The molecule has 1 heteroatoms. The molecule has 4 aromatic rings. The molecule has 0 unspecified atom stereocenters. The fourth-order valence-corrected chi connectivity index (χ4v) is 3.77. The highest BCUT2D eigenvalue weighted by atomic mass is 16.5. The van der Waals surface area contributed by atoms with Crippen molar-refractivity contribution in [2.24, 2.45) is 0 Å². The maximum atomic E-state index is 6.05. The number of ether oxygens (including phenoxy) is 1. The van der Waals surface area contributed by atoms with Gasteiger partial charge in [0.2, 0.25) is 0 Å². The van der Waals surface area contributed by atoms with Crippen LogP contribution in [0.5, 0.6) is 0 Å². The normalized spacial score (nSPS) is 10.6. The van der Waals surface area contributed by atoms with Gasteiger partial charge in [-0.25, -0.2) is 0 Å². The molecule has 0 aliphatic carbocycles. The zero-order chi connectivity index (χ0) is 21.5. The van der Waals surface area contributed by atoms with Crippen molar-refractivity contribution in [1.29, 1.82) is 0 Å². The molecular formula is C30H26O. The third-order valence-corrected chi connectivity index (χ3v) is 5.34. The quantitative estimate of drug-likeness (QED) is 0.292. The summed E-state index contributed by atoms with van der Waals surface area (Å²) in [7, 11) is 0. The molecule has 0 N–H and O–H groups in total. The molecule has 0 saturated heterocycles. The van der Waals surface area contributed by atoms with E-state index in [1.807, 2.05) is 24.3 Å². The molecule has 0 aromatic heterocycles. The van der Waals surface area contributed by atoms with Gasteiger partial charge < -0.3 is 4.74 Å². The molecule has 0 fully saturated rings. The first-order valence-corrected chi connectivity index (χ1v) is 10.5. The van der Waals surface area contributed by atoms with Crippen LogP contribution in [0, 0.1) is 0 Å². The summed E-state index contributed by atoms with van der Waals surface area (Å²) in [4.78, 5) is 0. The van der Waals surface area contributed by atoms with E-state index >= 15 is 0 Å². The minimum Gasteiger partial charge on any atom is -0.372 e. The van der Waals surface area contributed by atoms with Crippen LogP contribution in [0.4, 0.5) is 0 Å². The Balaban J connectivity index is 1.45. The van der Waals surface area contributed by atoms with Crippen LogP contribution < -0.4 is 0 Å². The molecule has 31 heavy (non-hydrogen) atoms. The van der Waals surface area contributed by atoms with Gasteiger partial charge >= 0.3 is 0 Å². The average Bonchev–Trinajstić information content (AvgIpc) is 2.85. The van der Waals surface area contributed by atoms with Gasteiger partial charge in [0, 0.05) is 0 Å². The number of benzene rings is 4. The van der Waals surface area contributed by atoms with Crippen molar-refractivity contribution in [1.82, 2.24) is 0 Å². The summed E-state index contributed by atoms with van der Waals surface area (Å²) >= 11 is 0. The van der Waals surface area contributed by atoms with Gasteiger partial charge in [-0.3, -0.25) is 0 Å². The van der Waals surface area contributed by atoms with Crippen LogP contribution in [0.15, 0.2) is 122 Å². The number of hydrogen-bond donors (Lipinski definition) is 0. The van der Waals surface area contributed by atoms with Gasteiger partial charge in [0.15, 0.2) is 0 Å². The van der Waals surface area contributed by atoms with Gasteiger partial charge in [-0.1, -0.05) is 122 Å². The van der Waals surface area contributed by atoms with Gasteiger partial charge in [-0.05, 0) is 44.5 Å². The van der Waals surface area contributed by atoms with E-state index < -0.39 is 0 Å². The fraction of sp³-hybridized carbons (Fsp3) is 0.0667. The standard InChI is InChI=1S/C30H26O/c1-23(27-17-9-11-19-29(27)25-13-5-3-6-14-25)21-31-22-24(2)28-18-10-12-20-30(28)26-15-7-4-8-16-26/h3-20H,1-2,21-22H2. The summed E-state index contributed by atoms with van der Waals surface area (Å²) in [5.74, 6) is 0. The molecule has 4 rings (SSSR count). The van der Waals surface area contributed by atoms with Crippen molar-refractivity contribution in [3.8, 4) is 22.3 Å². The van der Waals surface area contributed by atoms with Crippen molar-refractivity contribution < 1.29 is 4.74 Å². The van der Waals surface area contributed by atoms with Crippen LogP contribution >= 0.6 is 0 Å². The minimum absolute atomic E-state index is 0.455. The van der Waals surface area contributed by atoms with Gasteiger partial charge in [0.1, 0.15) is 0 Å². The zero-order valence-corrected chi connectivity index (χ0v) is 17.6. The molecular weight excluding hydrogens is 376 g/mol. The summed E-state index contributed by atoms with van der Waals surface area (Å²) in [6, 6.07) is 37.4. The molecule has 0 bridgehead atoms. The van der Waals surface area contributed by atoms with E-state index in [1.165, 1.54) is 22.3 Å². The first-order chi connectivity index (χ1) is 15.2. The Morgan fingerprint density at radius 3 is 1.26 bits per heavy atom. The first-order valence-electron chi connectivity index (χ1n) is 10.5. The van der Waals surface area contributed by atoms with Crippen LogP contribution in [0.2, 0.25) is 0 Å². The van der Waals surface area contributed by atoms with Crippen LogP contribution in [0.1, 0.15) is 11.1 Å². The molecule has 4 aromatic carbocycles. The molecule has 152 valence electrons. The Morgan fingerprint density at radius 1 is 0.484 bits per heavy atom. The SMILES string of the molecule is C=C(COCC(=C)c1ccccc1-c1ccccc1)c1ccccc1-c1ccccc1. The van der Waals surface area contributed by atoms with Gasteiger partial charge in [-0.2, -0.15) is 0 Å². The highest BCUT2D eigenvalue weighted by Crippen LogP contribution is 2.30. The lowest BCUT2D eigenvalue weighted by Crippen LogP contribution is -2.02. The summed E-state index contributed by atoms with van der Waals surface area (Å²) in [5.41, 5.74) is 8.86. The average molecular weight is 403 g/mol. The fourth-order valence-electron chi connectivity index (χ4n) is 3.77. The largest absolute Gasteiger partial charge is 0.372 e. The molecule has 0 amide bonds. The van der Waals surface area contributed by atoms with Gasteiger partial charge in [0.05, 0.1) is 13.2 Å². The van der Waals surface area contributed by atoms with E-state index in [9.17, 15) is 0 Å². The summed E-state index contributed by atoms with van der Waals surface area (Å²) in [5, 5.41) is 0. The monoisotopic (exact) mass is 402 g/mol. The smallest absolute Gasteiger partial charge is 0.0721 e. The second-order valence-electron chi connectivity index (χ2n) is 7.52. The second-order valence-corrected chi connectivity index (χ2v) is 7.52. The maximum absolute atomic E-state index is 6.05. The summed E-state index contributed by atoms with van der Waals surface area (Å²) in [6.07, 6.45) is 0. The van der Waals surface area contributed by atoms with Gasteiger partial charge in [-0.15, -0.1) is 0 Å². The Morgan fingerprint density at radius 2 is 0.839 bits per heavy atom. The van der Waals surface area contributed by atoms with E-state index in [1.54, 1.807) is 0 Å². The molecule has 0 atom stereocenters. The lowest BCUT2D eigenvalue weighted by Gasteiger charge is -2.15. The predicted molar refractivity (Wildman–Crippen MR) is 133 cm³/mol. The highest BCUT2D eigenvalue weighted by molar-refractivity contribution is 5.82. The van der Waals surface area contributed by atoms with Crippen molar-refractivity contribution in [2.75, 3.05) is 13.2 Å². The van der Waals surface area contributed by atoms with Crippen molar-refractivity contribution in [3.05, 3.63) is 133 Å². The molecule has 0 radical (unpaired) electrons. The molecule has 0 aliphatic heterocycles. The summed E-state index contributed by atoms with van der Waals surface area (Å²) < 4.78 is 6.05.